The Morgan fingerprint density at radius 3 is 2.50 bits per heavy atom. The van der Waals surface area contributed by atoms with E-state index in [9.17, 15) is 14.7 Å². The highest BCUT2D eigenvalue weighted by atomic mass is 16.3. The van der Waals surface area contributed by atoms with Crippen LogP contribution in [0.5, 0.6) is 0 Å². The second-order valence-corrected chi connectivity index (χ2v) is 9.68. The van der Waals surface area contributed by atoms with Crippen LogP contribution in [-0.4, -0.2) is 46.6 Å². The SMILES string of the molecule is CC1CCC[C@](C)(O)C[C@@H](C)CN(C)C(=O)C[C@H](Cc2ccccc2)CC(=N)C1=O. The van der Waals surface area contributed by atoms with Gasteiger partial charge in [0.1, 0.15) is 0 Å². The van der Waals surface area contributed by atoms with E-state index in [4.69, 9.17) is 5.41 Å². The maximum atomic E-state index is 12.9. The van der Waals surface area contributed by atoms with E-state index in [1.54, 1.807) is 4.90 Å². The van der Waals surface area contributed by atoms with E-state index in [2.05, 4.69) is 6.92 Å². The molecule has 0 radical (unpaired) electrons. The van der Waals surface area contributed by atoms with Crippen LogP contribution < -0.4 is 0 Å². The summed E-state index contributed by atoms with van der Waals surface area (Å²) in [6, 6.07) is 9.97. The summed E-state index contributed by atoms with van der Waals surface area (Å²) in [5.74, 6) is -0.215. The number of nitrogens with zero attached hydrogens (tertiary/aromatic N) is 1. The lowest BCUT2D eigenvalue weighted by Crippen LogP contribution is -2.36. The van der Waals surface area contributed by atoms with Crippen LogP contribution in [0.15, 0.2) is 30.3 Å². The number of rotatable bonds is 2. The quantitative estimate of drug-likeness (QED) is 0.758. The van der Waals surface area contributed by atoms with Crippen LogP contribution in [0.1, 0.15) is 64.9 Å². The number of amides is 1. The summed E-state index contributed by atoms with van der Waals surface area (Å²) in [5.41, 5.74) is 0.428. The number of hydrogen-bond donors (Lipinski definition) is 2. The largest absolute Gasteiger partial charge is 0.390 e. The zero-order chi connectivity index (χ0) is 22.3. The first-order valence-electron chi connectivity index (χ1n) is 11.2. The predicted octanol–water partition coefficient (Wildman–Crippen LogP) is 4.27. The summed E-state index contributed by atoms with van der Waals surface area (Å²) in [7, 11) is 1.81. The third-order valence-electron chi connectivity index (χ3n) is 6.22. The van der Waals surface area contributed by atoms with Crippen molar-refractivity contribution in [1.29, 1.82) is 5.41 Å². The van der Waals surface area contributed by atoms with Crippen molar-refractivity contribution < 1.29 is 14.7 Å². The van der Waals surface area contributed by atoms with Crippen LogP contribution in [0.3, 0.4) is 0 Å². The molecule has 0 aromatic heterocycles. The molecule has 166 valence electrons. The summed E-state index contributed by atoms with van der Waals surface area (Å²) in [6.45, 7) is 6.38. The molecule has 5 heteroatoms. The zero-order valence-corrected chi connectivity index (χ0v) is 19.0. The van der Waals surface area contributed by atoms with E-state index in [1.807, 2.05) is 51.2 Å². The van der Waals surface area contributed by atoms with Gasteiger partial charge in [0.25, 0.3) is 0 Å². The van der Waals surface area contributed by atoms with Gasteiger partial charge in [0, 0.05) is 25.9 Å². The van der Waals surface area contributed by atoms with Crippen molar-refractivity contribution in [3.63, 3.8) is 0 Å². The Morgan fingerprint density at radius 1 is 1.17 bits per heavy atom. The molecular formula is C25H38N2O3. The summed E-state index contributed by atoms with van der Waals surface area (Å²) in [4.78, 5) is 27.4. The summed E-state index contributed by atoms with van der Waals surface area (Å²) in [6.07, 6.45) is 3.99. The van der Waals surface area contributed by atoms with Crippen LogP contribution >= 0.6 is 0 Å². The minimum atomic E-state index is -0.810. The number of nitrogens with one attached hydrogen (secondary N) is 1. The minimum absolute atomic E-state index is 0.0330. The van der Waals surface area contributed by atoms with Gasteiger partial charge in [0.15, 0.2) is 5.78 Å². The minimum Gasteiger partial charge on any atom is -0.390 e. The molecule has 0 saturated carbocycles. The number of Topliss-reactive ketones (excluding diaryl/α,β-unsaturated/α-hetero) is 1. The molecule has 5 nitrogen and oxygen atoms in total. The van der Waals surface area contributed by atoms with Crippen LogP contribution in [-0.2, 0) is 16.0 Å². The molecule has 1 fully saturated rings. The van der Waals surface area contributed by atoms with Crippen LogP contribution in [0, 0.1) is 23.2 Å². The fourth-order valence-corrected chi connectivity index (χ4v) is 4.66. The molecule has 1 aromatic rings. The number of carbonyl (C=O) groups excluding carboxylic acids is 2. The lowest BCUT2D eigenvalue weighted by molar-refractivity contribution is -0.131. The standard InChI is InChI=1S/C25H38N2O3/c1-18-16-25(3,30)12-8-9-19(2)24(29)22(26)14-21(15-23(28)27(4)17-18)13-20-10-6-5-7-11-20/h5-7,10-11,18-19,21,26,30H,8-9,12-17H2,1-4H3/t18-,19?,21-,25+/m1/s1. The Balaban J connectivity index is 2.22. The first kappa shape index (κ1) is 24.3. The maximum Gasteiger partial charge on any atom is 0.222 e. The highest BCUT2D eigenvalue weighted by molar-refractivity contribution is 6.39. The monoisotopic (exact) mass is 414 g/mol. The summed E-state index contributed by atoms with van der Waals surface area (Å²) in [5, 5.41) is 19.1. The molecule has 2 rings (SSSR count). The predicted molar refractivity (Wildman–Crippen MR) is 121 cm³/mol. The van der Waals surface area contributed by atoms with Crippen molar-refractivity contribution in [1.82, 2.24) is 4.90 Å². The molecule has 0 spiro atoms. The van der Waals surface area contributed by atoms with E-state index in [1.165, 1.54) is 0 Å². The van der Waals surface area contributed by atoms with Crippen LogP contribution in [0.4, 0.5) is 0 Å². The molecule has 1 aromatic carbocycles. The average Bonchev–Trinajstić information content (AvgIpc) is 2.66. The first-order valence-corrected chi connectivity index (χ1v) is 11.2. The molecule has 0 aliphatic carbocycles. The van der Waals surface area contributed by atoms with Gasteiger partial charge in [-0.25, -0.2) is 0 Å². The van der Waals surface area contributed by atoms with Gasteiger partial charge in [0.05, 0.1) is 11.3 Å². The Kier molecular flexibility index (Phi) is 8.78. The number of hydrogen-bond acceptors (Lipinski definition) is 4. The van der Waals surface area contributed by atoms with E-state index in [0.29, 0.717) is 45.1 Å². The van der Waals surface area contributed by atoms with E-state index in [-0.39, 0.29) is 35.2 Å². The van der Waals surface area contributed by atoms with Crippen molar-refractivity contribution >= 4 is 17.4 Å². The number of carbonyl (C=O) groups is 2. The number of benzene rings is 1. The molecule has 1 aliphatic rings. The van der Waals surface area contributed by atoms with Crippen molar-refractivity contribution in [3.8, 4) is 0 Å². The van der Waals surface area contributed by atoms with Crippen molar-refractivity contribution in [2.45, 2.75) is 71.3 Å². The van der Waals surface area contributed by atoms with Gasteiger partial charge in [-0.15, -0.1) is 0 Å². The highest BCUT2D eigenvalue weighted by Gasteiger charge is 2.28. The smallest absolute Gasteiger partial charge is 0.222 e. The van der Waals surface area contributed by atoms with Gasteiger partial charge in [0.2, 0.25) is 5.91 Å². The fourth-order valence-electron chi connectivity index (χ4n) is 4.66. The summed E-state index contributed by atoms with van der Waals surface area (Å²) >= 11 is 0. The van der Waals surface area contributed by atoms with E-state index < -0.39 is 5.60 Å². The van der Waals surface area contributed by atoms with Gasteiger partial charge in [-0.1, -0.05) is 44.2 Å². The third kappa shape index (κ3) is 7.67. The lowest BCUT2D eigenvalue weighted by Gasteiger charge is -2.30. The Hall–Kier alpha value is -2.01. The van der Waals surface area contributed by atoms with Gasteiger partial charge in [-0.05, 0) is 62.8 Å². The van der Waals surface area contributed by atoms with Crippen LogP contribution in [0.2, 0.25) is 0 Å². The van der Waals surface area contributed by atoms with Crippen molar-refractivity contribution in [3.05, 3.63) is 35.9 Å². The normalized spacial score (nSPS) is 30.6. The second kappa shape index (κ2) is 10.9. The topological polar surface area (TPSA) is 81.5 Å². The maximum absolute atomic E-state index is 12.9. The number of aliphatic hydroxyl groups is 1. The zero-order valence-electron chi connectivity index (χ0n) is 19.0. The average molecular weight is 415 g/mol. The Morgan fingerprint density at radius 2 is 1.83 bits per heavy atom. The molecule has 2 N–H and O–H groups in total. The second-order valence-electron chi connectivity index (χ2n) is 9.68. The molecule has 1 saturated heterocycles. The molecule has 0 bridgehead atoms. The van der Waals surface area contributed by atoms with Gasteiger partial charge < -0.3 is 15.4 Å². The number of ketones is 1. The summed E-state index contributed by atoms with van der Waals surface area (Å²) < 4.78 is 0. The molecule has 1 heterocycles. The van der Waals surface area contributed by atoms with Gasteiger partial charge >= 0.3 is 0 Å². The van der Waals surface area contributed by atoms with Crippen molar-refractivity contribution in [2.75, 3.05) is 13.6 Å². The highest BCUT2D eigenvalue weighted by Crippen LogP contribution is 2.26. The van der Waals surface area contributed by atoms with E-state index in [0.717, 1.165) is 12.0 Å². The molecule has 30 heavy (non-hydrogen) atoms. The van der Waals surface area contributed by atoms with Crippen LogP contribution in [0.25, 0.3) is 0 Å². The Labute approximate surface area is 181 Å². The van der Waals surface area contributed by atoms with Crippen molar-refractivity contribution in [2.24, 2.45) is 17.8 Å². The Bertz CT molecular complexity index is 729. The molecule has 1 amide bonds. The first-order chi connectivity index (χ1) is 14.1. The van der Waals surface area contributed by atoms with E-state index >= 15 is 0 Å². The third-order valence-corrected chi connectivity index (χ3v) is 6.22. The van der Waals surface area contributed by atoms with Gasteiger partial charge in [-0.3, -0.25) is 9.59 Å². The fraction of sp³-hybridized carbons (Fsp3) is 0.640. The lowest BCUT2D eigenvalue weighted by atomic mass is 9.85. The molecule has 1 unspecified atom stereocenters. The van der Waals surface area contributed by atoms with Gasteiger partial charge in [-0.2, -0.15) is 0 Å². The molecule has 4 atom stereocenters. The molecular weight excluding hydrogens is 376 g/mol. The molecule has 1 aliphatic heterocycles.